The van der Waals surface area contributed by atoms with Crippen LogP contribution in [-0.4, -0.2) is 45.9 Å². The molecule has 0 spiro atoms. The molecule has 1 aliphatic carbocycles. The lowest BCUT2D eigenvalue weighted by molar-refractivity contribution is 0.0491. The first-order chi connectivity index (χ1) is 9.43. The molecular formula is C15H23N5. The van der Waals surface area contributed by atoms with Gasteiger partial charge in [0.05, 0.1) is 28.8 Å². The van der Waals surface area contributed by atoms with Gasteiger partial charge in [0.25, 0.3) is 0 Å². The molecular weight excluding hydrogens is 250 g/mol. The van der Waals surface area contributed by atoms with E-state index in [0.717, 1.165) is 11.1 Å². The smallest absolute Gasteiger partial charge is 0.0984 e. The summed E-state index contributed by atoms with van der Waals surface area (Å²) < 4.78 is 0. The Bertz CT molecular complexity index is 679. The van der Waals surface area contributed by atoms with Crippen LogP contribution in [0.3, 0.4) is 0 Å². The fourth-order valence-corrected chi connectivity index (χ4v) is 3.33. The van der Waals surface area contributed by atoms with Crippen molar-refractivity contribution in [1.29, 1.82) is 0 Å². The molecule has 0 amide bonds. The first kappa shape index (κ1) is 13.4. The lowest BCUT2D eigenvalue weighted by Crippen LogP contribution is -2.50. The summed E-state index contributed by atoms with van der Waals surface area (Å²) in [7, 11) is 4.10. The molecule has 0 fully saturated rings. The first-order valence-corrected chi connectivity index (χ1v) is 7.26. The fourth-order valence-electron chi connectivity index (χ4n) is 3.33. The molecule has 1 unspecified atom stereocenters. The van der Waals surface area contributed by atoms with Gasteiger partial charge in [0, 0.05) is 19.7 Å². The van der Waals surface area contributed by atoms with E-state index in [2.05, 4.69) is 49.7 Å². The Labute approximate surface area is 119 Å². The maximum absolute atomic E-state index is 4.77. The Hall–Kier alpha value is -1.62. The molecule has 0 bridgehead atoms. The van der Waals surface area contributed by atoms with Crippen molar-refractivity contribution in [2.24, 2.45) is 16.9 Å². The predicted molar refractivity (Wildman–Crippen MR) is 81.1 cm³/mol. The number of nitrogens with one attached hydrogen (secondary N) is 1. The van der Waals surface area contributed by atoms with Crippen LogP contribution in [0, 0.1) is 11.8 Å². The van der Waals surface area contributed by atoms with Crippen LogP contribution in [0.1, 0.15) is 27.7 Å². The number of hydrogen-bond donors (Lipinski definition) is 1. The van der Waals surface area contributed by atoms with Gasteiger partial charge in [0.2, 0.25) is 0 Å². The van der Waals surface area contributed by atoms with Crippen LogP contribution in [0.15, 0.2) is 11.4 Å². The number of rotatable bonds is 2. The van der Waals surface area contributed by atoms with Gasteiger partial charge in [0.1, 0.15) is 0 Å². The van der Waals surface area contributed by atoms with Crippen molar-refractivity contribution in [2.75, 3.05) is 14.1 Å². The lowest BCUT2D eigenvalue weighted by Gasteiger charge is -2.31. The van der Waals surface area contributed by atoms with Crippen molar-refractivity contribution in [1.82, 2.24) is 20.1 Å². The zero-order valence-electron chi connectivity index (χ0n) is 13.1. The second kappa shape index (κ2) is 4.45. The molecule has 1 atom stereocenters. The molecule has 2 heterocycles. The van der Waals surface area contributed by atoms with E-state index in [4.69, 9.17) is 5.10 Å². The van der Waals surface area contributed by atoms with Crippen molar-refractivity contribution < 1.29 is 0 Å². The van der Waals surface area contributed by atoms with Gasteiger partial charge in [-0.2, -0.15) is 10.1 Å². The number of imidazole rings is 1. The Morgan fingerprint density at radius 3 is 2.45 bits per heavy atom. The summed E-state index contributed by atoms with van der Waals surface area (Å²) in [4.78, 5) is 7.92. The predicted octanol–water partition coefficient (Wildman–Crippen LogP) is 0.554. The van der Waals surface area contributed by atoms with E-state index in [1.807, 2.05) is 12.2 Å². The van der Waals surface area contributed by atoms with Gasteiger partial charge in [-0.1, -0.05) is 27.7 Å². The number of hydrazine groups is 1. The summed E-state index contributed by atoms with van der Waals surface area (Å²) in [5, 5.41) is 11.2. The number of aromatic nitrogens is 2. The van der Waals surface area contributed by atoms with Crippen molar-refractivity contribution >= 4 is 16.9 Å². The summed E-state index contributed by atoms with van der Waals surface area (Å²) in [6.07, 6.45) is 1.81. The van der Waals surface area contributed by atoms with Crippen LogP contribution in [0.5, 0.6) is 0 Å². The molecule has 0 saturated heterocycles. The first-order valence-electron chi connectivity index (χ1n) is 7.26. The molecule has 2 aliphatic rings. The largest absolute Gasteiger partial charge is 0.345 e. The van der Waals surface area contributed by atoms with Crippen molar-refractivity contribution in [3.05, 3.63) is 17.0 Å². The molecule has 0 aromatic carbocycles. The third-order valence-corrected chi connectivity index (χ3v) is 4.29. The van der Waals surface area contributed by atoms with Crippen LogP contribution in [-0.2, 0) is 0 Å². The Morgan fingerprint density at radius 1 is 1.15 bits per heavy atom. The molecule has 1 aliphatic heterocycles. The monoisotopic (exact) mass is 273 g/mol. The van der Waals surface area contributed by atoms with Gasteiger partial charge in [-0.25, -0.2) is 10.1 Å². The zero-order chi connectivity index (χ0) is 14.6. The standard InChI is InChI=1S/C15H23N5/c1-8(2)10-12-13(17-7-16-12)11(9(3)4)15-14(10)18-20(6)19(15)5/h7-9,15H,1-6H3,(H,16,17). The van der Waals surface area contributed by atoms with E-state index in [0.29, 0.717) is 11.8 Å². The second-order valence-electron chi connectivity index (χ2n) is 6.26. The van der Waals surface area contributed by atoms with Crippen LogP contribution in [0.4, 0.5) is 0 Å². The molecule has 5 nitrogen and oxygen atoms in total. The normalized spacial score (nSPS) is 22.7. The van der Waals surface area contributed by atoms with Crippen molar-refractivity contribution in [2.45, 2.75) is 33.7 Å². The molecule has 1 aromatic rings. The molecule has 1 N–H and O–H groups in total. The van der Waals surface area contributed by atoms with E-state index >= 15 is 0 Å². The van der Waals surface area contributed by atoms with Gasteiger partial charge in [-0.05, 0) is 17.4 Å². The van der Waals surface area contributed by atoms with E-state index in [1.54, 1.807) is 6.33 Å². The molecule has 0 saturated carbocycles. The van der Waals surface area contributed by atoms with Gasteiger partial charge < -0.3 is 4.98 Å². The van der Waals surface area contributed by atoms with Gasteiger partial charge in [-0.15, -0.1) is 0 Å². The Balaban J connectivity index is 2.41. The number of nitrogens with zero attached hydrogens (tertiary/aromatic N) is 4. The number of hydrogen-bond acceptors (Lipinski definition) is 4. The maximum Gasteiger partial charge on any atom is 0.0984 e. The highest BCUT2D eigenvalue weighted by atomic mass is 15.8. The van der Waals surface area contributed by atoms with Crippen molar-refractivity contribution in [3.8, 4) is 0 Å². The minimum Gasteiger partial charge on any atom is -0.345 e. The fraction of sp³-hybridized carbons (Fsp3) is 0.600. The van der Waals surface area contributed by atoms with E-state index < -0.39 is 0 Å². The number of aromatic amines is 1. The highest BCUT2D eigenvalue weighted by Gasteiger charge is 2.40. The highest BCUT2D eigenvalue weighted by Crippen LogP contribution is 2.31. The number of fused-ring (bicyclic) bond motifs is 2. The van der Waals surface area contributed by atoms with Crippen LogP contribution in [0.2, 0.25) is 0 Å². The SMILES string of the molecule is CC(C)C1=c2nc[nH]c2=C(C(C)C)C2C1=NN(C)N2C. The quantitative estimate of drug-likeness (QED) is 0.856. The number of hydrazone groups is 1. The van der Waals surface area contributed by atoms with Crippen LogP contribution >= 0.6 is 0 Å². The second-order valence-corrected chi connectivity index (χ2v) is 6.26. The summed E-state index contributed by atoms with van der Waals surface area (Å²) in [6.45, 7) is 8.91. The maximum atomic E-state index is 4.77. The zero-order valence-corrected chi connectivity index (χ0v) is 13.1. The van der Waals surface area contributed by atoms with E-state index in [9.17, 15) is 0 Å². The summed E-state index contributed by atoms with van der Waals surface area (Å²) in [5.74, 6) is 0.860. The number of H-pyrrole nitrogens is 1. The average molecular weight is 273 g/mol. The van der Waals surface area contributed by atoms with E-state index in [-0.39, 0.29) is 6.04 Å². The minimum absolute atomic E-state index is 0.227. The summed E-state index contributed by atoms with van der Waals surface area (Å²) >= 11 is 0. The molecule has 0 radical (unpaired) electrons. The molecule has 5 heteroatoms. The van der Waals surface area contributed by atoms with Gasteiger partial charge in [0.15, 0.2) is 0 Å². The van der Waals surface area contributed by atoms with Crippen molar-refractivity contribution in [3.63, 3.8) is 0 Å². The Morgan fingerprint density at radius 2 is 1.85 bits per heavy atom. The summed E-state index contributed by atoms with van der Waals surface area (Å²) in [6, 6.07) is 0.227. The Kier molecular flexibility index (Phi) is 2.97. The van der Waals surface area contributed by atoms with Crippen LogP contribution in [0.25, 0.3) is 11.1 Å². The van der Waals surface area contributed by atoms with E-state index in [1.165, 1.54) is 16.5 Å². The highest BCUT2D eigenvalue weighted by molar-refractivity contribution is 6.26. The molecule has 108 valence electrons. The molecule has 20 heavy (non-hydrogen) atoms. The van der Waals surface area contributed by atoms with Crippen LogP contribution < -0.4 is 10.7 Å². The van der Waals surface area contributed by atoms with Gasteiger partial charge in [-0.3, -0.25) is 0 Å². The van der Waals surface area contributed by atoms with Gasteiger partial charge >= 0.3 is 0 Å². The minimum atomic E-state index is 0.227. The lowest BCUT2D eigenvalue weighted by atomic mass is 9.82. The summed E-state index contributed by atoms with van der Waals surface area (Å²) in [5.41, 5.74) is 3.81. The third kappa shape index (κ3) is 1.66. The topological polar surface area (TPSA) is 47.5 Å². The average Bonchev–Trinajstić information content (AvgIpc) is 2.92. The molecule has 3 rings (SSSR count). The molecule has 1 aromatic heterocycles. The third-order valence-electron chi connectivity index (χ3n) is 4.29.